The van der Waals surface area contributed by atoms with E-state index in [0.717, 1.165) is 21.6 Å². The van der Waals surface area contributed by atoms with Crippen molar-refractivity contribution in [1.29, 1.82) is 0 Å². The third-order valence-electron chi connectivity index (χ3n) is 3.44. The molecule has 1 N–H and O–H groups in total. The number of hydrogen-bond acceptors (Lipinski definition) is 1. The molecule has 92 valence electrons. The van der Waals surface area contributed by atoms with Crippen molar-refractivity contribution < 1.29 is 4.79 Å². The Kier molecular flexibility index (Phi) is 4.42. The van der Waals surface area contributed by atoms with Gasteiger partial charge in [0.1, 0.15) is 0 Å². The molecule has 0 heterocycles. The second-order valence-electron chi connectivity index (χ2n) is 5.00. The van der Waals surface area contributed by atoms with Crippen molar-refractivity contribution in [2.24, 2.45) is 11.8 Å². The Hall–Kier alpha value is -0.580. The molecule has 1 aromatic carbocycles. The maximum atomic E-state index is 11.9. The molecular formula is C14H18INO. The van der Waals surface area contributed by atoms with Crippen LogP contribution in [0.1, 0.15) is 36.5 Å². The summed E-state index contributed by atoms with van der Waals surface area (Å²) >= 11 is 2.23. The number of carbonyl (C=O) groups is 1. The second kappa shape index (κ2) is 5.85. The van der Waals surface area contributed by atoms with Gasteiger partial charge >= 0.3 is 0 Å². The van der Waals surface area contributed by atoms with Crippen molar-refractivity contribution in [3.8, 4) is 0 Å². The van der Waals surface area contributed by atoms with Gasteiger partial charge in [-0.05, 0) is 65.5 Å². The molecule has 2 nitrogen and oxygen atoms in total. The van der Waals surface area contributed by atoms with E-state index in [4.69, 9.17) is 0 Å². The van der Waals surface area contributed by atoms with E-state index in [2.05, 4.69) is 34.8 Å². The quantitative estimate of drug-likeness (QED) is 0.837. The maximum Gasteiger partial charge on any atom is 0.251 e. The molecule has 2 atom stereocenters. The van der Waals surface area contributed by atoms with Gasteiger partial charge in [0.25, 0.3) is 5.91 Å². The Labute approximate surface area is 116 Å². The first-order chi connectivity index (χ1) is 8.15. The number of halogens is 1. The average Bonchev–Trinajstić information content (AvgIpc) is 2.72. The van der Waals surface area contributed by atoms with Crippen LogP contribution in [-0.2, 0) is 0 Å². The van der Waals surface area contributed by atoms with E-state index in [1.165, 1.54) is 19.3 Å². The van der Waals surface area contributed by atoms with Crippen molar-refractivity contribution in [1.82, 2.24) is 5.32 Å². The highest BCUT2D eigenvalue weighted by atomic mass is 127. The van der Waals surface area contributed by atoms with Crippen molar-refractivity contribution in [2.75, 3.05) is 6.54 Å². The molecule has 2 rings (SSSR count). The second-order valence-corrected chi connectivity index (χ2v) is 6.25. The van der Waals surface area contributed by atoms with E-state index in [0.29, 0.717) is 5.92 Å². The van der Waals surface area contributed by atoms with Gasteiger partial charge in [-0.25, -0.2) is 0 Å². The predicted molar refractivity (Wildman–Crippen MR) is 78.0 cm³/mol. The molecule has 1 aliphatic rings. The van der Waals surface area contributed by atoms with Gasteiger partial charge in [-0.1, -0.05) is 19.4 Å². The van der Waals surface area contributed by atoms with Crippen molar-refractivity contribution in [3.05, 3.63) is 33.4 Å². The predicted octanol–water partition coefficient (Wildman–Crippen LogP) is 3.46. The standard InChI is InChI=1S/C14H18INO/c1-10-5-6-11(7-10)9-16-14(17)12-3-2-4-13(15)8-12/h2-4,8,10-11H,5-7,9H2,1H3,(H,16,17). The van der Waals surface area contributed by atoms with Gasteiger partial charge in [0.15, 0.2) is 0 Å². The minimum absolute atomic E-state index is 0.0584. The minimum Gasteiger partial charge on any atom is -0.352 e. The van der Waals surface area contributed by atoms with Crippen LogP contribution in [0.3, 0.4) is 0 Å². The number of rotatable bonds is 3. The summed E-state index contributed by atoms with van der Waals surface area (Å²) in [5, 5.41) is 3.05. The zero-order valence-electron chi connectivity index (χ0n) is 10.1. The molecule has 1 aromatic rings. The van der Waals surface area contributed by atoms with E-state index < -0.39 is 0 Å². The molecule has 0 saturated heterocycles. The molecule has 0 bridgehead atoms. The third-order valence-corrected chi connectivity index (χ3v) is 4.11. The SMILES string of the molecule is CC1CCC(CNC(=O)c2cccc(I)c2)C1. The molecule has 0 radical (unpaired) electrons. The first-order valence-electron chi connectivity index (χ1n) is 6.19. The molecule has 17 heavy (non-hydrogen) atoms. The van der Waals surface area contributed by atoms with Gasteiger partial charge in [0.2, 0.25) is 0 Å². The van der Waals surface area contributed by atoms with Crippen LogP contribution < -0.4 is 5.32 Å². The number of nitrogens with one attached hydrogen (secondary N) is 1. The molecule has 1 amide bonds. The Balaban J connectivity index is 1.85. The summed E-state index contributed by atoms with van der Waals surface area (Å²) in [6.07, 6.45) is 3.82. The van der Waals surface area contributed by atoms with Crippen LogP contribution >= 0.6 is 22.6 Å². The molecule has 0 spiro atoms. The van der Waals surface area contributed by atoms with E-state index >= 15 is 0 Å². The molecule has 3 heteroatoms. The largest absolute Gasteiger partial charge is 0.352 e. The van der Waals surface area contributed by atoms with Gasteiger partial charge < -0.3 is 5.32 Å². The fraction of sp³-hybridized carbons (Fsp3) is 0.500. The number of carbonyl (C=O) groups excluding carboxylic acids is 1. The summed E-state index contributed by atoms with van der Waals surface area (Å²) in [5.41, 5.74) is 0.767. The van der Waals surface area contributed by atoms with Gasteiger partial charge in [-0.15, -0.1) is 0 Å². The molecule has 1 aliphatic carbocycles. The molecule has 1 saturated carbocycles. The van der Waals surface area contributed by atoms with Crippen molar-refractivity contribution in [3.63, 3.8) is 0 Å². The van der Waals surface area contributed by atoms with Crippen LogP contribution in [0.15, 0.2) is 24.3 Å². The van der Waals surface area contributed by atoms with E-state index in [1.807, 2.05) is 24.3 Å². The summed E-state index contributed by atoms with van der Waals surface area (Å²) < 4.78 is 1.10. The minimum atomic E-state index is 0.0584. The number of amides is 1. The third kappa shape index (κ3) is 3.69. The van der Waals surface area contributed by atoms with Gasteiger partial charge in [0.05, 0.1) is 0 Å². The van der Waals surface area contributed by atoms with Gasteiger partial charge in [-0.3, -0.25) is 4.79 Å². The lowest BCUT2D eigenvalue weighted by atomic mass is 10.1. The normalized spacial score (nSPS) is 23.6. The average molecular weight is 343 g/mol. The summed E-state index contributed by atoms with van der Waals surface area (Å²) in [4.78, 5) is 11.9. The van der Waals surface area contributed by atoms with Crippen LogP contribution in [0.2, 0.25) is 0 Å². The van der Waals surface area contributed by atoms with Gasteiger partial charge in [-0.2, -0.15) is 0 Å². The Morgan fingerprint density at radius 3 is 2.94 bits per heavy atom. The molecule has 0 aromatic heterocycles. The smallest absolute Gasteiger partial charge is 0.251 e. The fourth-order valence-electron chi connectivity index (χ4n) is 2.48. The zero-order valence-corrected chi connectivity index (χ0v) is 12.2. The molecular weight excluding hydrogens is 325 g/mol. The highest BCUT2D eigenvalue weighted by molar-refractivity contribution is 14.1. The maximum absolute atomic E-state index is 11.9. The topological polar surface area (TPSA) is 29.1 Å². The first-order valence-corrected chi connectivity index (χ1v) is 7.27. The first kappa shape index (κ1) is 12.9. The summed E-state index contributed by atoms with van der Waals surface area (Å²) in [7, 11) is 0. The highest BCUT2D eigenvalue weighted by Crippen LogP contribution is 2.29. The van der Waals surface area contributed by atoms with Crippen LogP contribution in [0, 0.1) is 15.4 Å². The van der Waals surface area contributed by atoms with Crippen LogP contribution in [-0.4, -0.2) is 12.5 Å². The van der Waals surface area contributed by atoms with Crippen LogP contribution in [0.25, 0.3) is 0 Å². The fourth-order valence-corrected chi connectivity index (χ4v) is 3.02. The summed E-state index contributed by atoms with van der Waals surface area (Å²) in [6.45, 7) is 3.12. The van der Waals surface area contributed by atoms with Crippen LogP contribution in [0.4, 0.5) is 0 Å². The molecule has 0 aliphatic heterocycles. The summed E-state index contributed by atoms with van der Waals surface area (Å²) in [6, 6.07) is 7.71. The van der Waals surface area contributed by atoms with Crippen LogP contribution in [0.5, 0.6) is 0 Å². The lowest BCUT2D eigenvalue weighted by Crippen LogP contribution is -2.28. The lowest BCUT2D eigenvalue weighted by Gasteiger charge is -2.11. The van der Waals surface area contributed by atoms with Crippen molar-refractivity contribution in [2.45, 2.75) is 26.2 Å². The monoisotopic (exact) mass is 343 g/mol. The van der Waals surface area contributed by atoms with Crippen molar-refractivity contribution >= 4 is 28.5 Å². The highest BCUT2D eigenvalue weighted by Gasteiger charge is 2.21. The van der Waals surface area contributed by atoms with E-state index in [-0.39, 0.29) is 5.91 Å². The summed E-state index contributed by atoms with van der Waals surface area (Å²) in [5.74, 6) is 1.56. The van der Waals surface area contributed by atoms with Gasteiger partial charge in [0, 0.05) is 15.7 Å². The zero-order chi connectivity index (χ0) is 12.3. The molecule has 2 unspecified atom stereocenters. The number of benzene rings is 1. The van der Waals surface area contributed by atoms with E-state index in [1.54, 1.807) is 0 Å². The van der Waals surface area contributed by atoms with E-state index in [9.17, 15) is 4.79 Å². The number of hydrogen-bond donors (Lipinski definition) is 1. The Morgan fingerprint density at radius 2 is 2.29 bits per heavy atom. The Bertz CT molecular complexity index is 405. The lowest BCUT2D eigenvalue weighted by molar-refractivity contribution is 0.0947. The molecule has 1 fully saturated rings. The Morgan fingerprint density at radius 1 is 1.47 bits per heavy atom.